The molecule has 8 atom stereocenters. The van der Waals surface area contributed by atoms with Crippen LogP contribution in [0.5, 0.6) is 0 Å². The maximum absolute atomic E-state index is 12.9. The molecule has 0 spiro atoms. The minimum atomic E-state index is -1.61. The van der Waals surface area contributed by atoms with E-state index in [1.165, 1.54) is 89.9 Å². The highest BCUT2D eigenvalue weighted by Crippen LogP contribution is 2.22. The number of hydrogen-bond acceptors (Lipinski definition) is 9. The standard InChI is InChI=1S/C39H73NO9/c1-3-5-7-9-11-13-15-17-19-21-23-25-27-32(42)31(30-48-39-37(46)36(45)35(44)34(29-41)49-39)40-38(47)33(43)28-26-24-22-20-18-16-14-12-10-8-6-4-2/h17,19,25,27,31-37,39,41-46H,3-16,18,20-24,26,28-30H2,1-2H3,(H,40,47)/b19-17+,27-25+. The van der Waals surface area contributed by atoms with Crippen LogP contribution in [0.4, 0.5) is 0 Å². The second kappa shape index (κ2) is 30.3. The SMILES string of the molecule is CCCCCCCC/C=C/CC/C=C/C(O)C(COC1OC(CO)C(O)C(O)C1O)NC(=O)C(O)CCCCCCCCCCCCCC. The molecule has 0 aromatic heterocycles. The number of allylic oxidation sites excluding steroid dienone is 3. The predicted molar refractivity (Wildman–Crippen MR) is 195 cm³/mol. The van der Waals surface area contributed by atoms with Crippen LogP contribution < -0.4 is 5.32 Å². The van der Waals surface area contributed by atoms with E-state index < -0.39 is 61.5 Å². The molecule has 0 aromatic carbocycles. The van der Waals surface area contributed by atoms with E-state index in [2.05, 4.69) is 31.3 Å². The maximum atomic E-state index is 12.9. The average Bonchev–Trinajstić information content (AvgIpc) is 3.10. The van der Waals surface area contributed by atoms with Gasteiger partial charge in [-0.2, -0.15) is 0 Å². The Bertz CT molecular complexity index is 839. The summed E-state index contributed by atoms with van der Waals surface area (Å²) < 4.78 is 11.1. The number of carbonyl (C=O) groups is 1. The summed E-state index contributed by atoms with van der Waals surface area (Å²) in [6.45, 7) is 3.53. The van der Waals surface area contributed by atoms with E-state index in [0.29, 0.717) is 19.3 Å². The topological polar surface area (TPSA) is 169 Å². The predicted octanol–water partition coefficient (Wildman–Crippen LogP) is 5.74. The van der Waals surface area contributed by atoms with Gasteiger partial charge in [0.15, 0.2) is 6.29 Å². The molecule has 8 unspecified atom stereocenters. The molecule has 10 heteroatoms. The number of aliphatic hydroxyl groups is 6. The fourth-order valence-electron chi connectivity index (χ4n) is 6.06. The van der Waals surface area contributed by atoms with Crippen molar-refractivity contribution in [2.75, 3.05) is 13.2 Å². The molecule has 1 rings (SSSR count). The minimum Gasteiger partial charge on any atom is -0.394 e. The monoisotopic (exact) mass is 700 g/mol. The molecule has 7 N–H and O–H groups in total. The van der Waals surface area contributed by atoms with Crippen molar-refractivity contribution in [3.8, 4) is 0 Å². The van der Waals surface area contributed by atoms with Gasteiger partial charge in [0.05, 0.1) is 25.4 Å². The van der Waals surface area contributed by atoms with Crippen molar-refractivity contribution in [2.24, 2.45) is 0 Å². The molecule has 10 nitrogen and oxygen atoms in total. The molecule has 0 aliphatic carbocycles. The number of rotatable bonds is 31. The number of aliphatic hydroxyl groups excluding tert-OH is 6. The summed E-state index contributed by atoms with van der Waals surface area (Å²) >= 11 is 0. The van der Waals surface area contributed by atoms with Gasteiger partial charge in [-0.3, -0.25) is 4.79 Å². The Morgan fingerprint density at radius 3 is 1.78 bits per heavy atom. The lowest BCUT2D eigenvalue weighted by Crippen LogP contribution is -2.60. The van der Waals surface area contributed by atoms with Crippen LogP contribution in [-0.2, 0) is 14.3 Å². The highest BCUT2D eigenvalue weighted by molar-refractivity contribution is 5.80. The van der Waals surface area contributed by atoms with Crippen LogP contribution >= 0.6 is 0 Å². The second-order valence-corrected chi connectivity index (χ2v) is 13.9. The first-order valence-electron chi connectivity index (χ1n) is 19.7. The van der Waals surface area contributed by atoms with Gasteiger partial charge in [0.25, 0.3) is 0 Å². The summed E-state index contributed by atoms with van der Waals surface area (Å²) in [4.78, 5) is 12.9. The summed E-state index contributed by atoms with van der Waals surface area (Å²) in [5.74, 6) is -0.629. The van der Waals surface area contributed by atoms with Crippen molar-refractivity contribution >= 4 is 5.91 Å². The highest BCUT2D eigenvalue weighted by Gasteiger charge is 2.44. The van der Waals surface area contributed by atoms with Crippen LogP contribution in [0.2, 0.25) is 0 Å². The summed E-state index contributed by atoms with van der Waals surface area (Å²) in [6.07, 6.45) is 22.7. The zero-order valence-electron chi connectivity index (χ0n) is 30.8. The van der Waals surface area contributed by atoms with Crippen molar-refractivity contribution in [2.45, 2.75) is 204 Å². The van der Waals surface area contributed by atoms with E-state index in [9.17, 15) is 35.4 Å². The maximum Gasteiger partial charge on any atom is 0.249 e. The van der Waals surface area contributed by atoms with Crippen LogP contribution in [0.1, 0.15) is 155 Å². The molecule has 288 valence electrons. The summed E-state index contributed by atoms with van der Waals surface area (Å²) in [5.41, 5.74) is 0. The quantitative estimate of drug-likeness (QED) is 0.0352. The van der Waals surface area contributed by atoms with Crippen LogP contribution in [0, 0.1) is 0 Å². The molecule has 1 fully saturated rings. The minimum absolute atomic E-state index is 0.306. The van der Waals surface area contributed by atoms with E-state index in [-0.39, 0.29) is 6.61 Å². The zero-order valence-corrected chi connectivity index (χ0v) is 30.8. The molecule has 1 aliphatic rings. The van der Waals surface area contributed by atoms with E-state index >= 15 is 0 Å². The van der Waals surface area contributed by atoms with E-state index in [0.717, 1.165) is 32.1 Å². The summed E-state index contributed by atoms with van der Waals surface area (Å²) in [6, 6.07) is -0.990. The number of carbonyl (C=O) groups excluding carboxylic acids is 1. The molecule has 0 aromatic rings. The Kier molecular flexibility index (Phi) is 28.2. The summed E-state index contributed by atoms with van der Waals surface area (Å²) in [5, 5.41) is 64.2. The number of nitrogens with one attached hydrogen (secondary N) is 1. The van der Waals surface area contributed by atoms with Gasteiger partial charge in [-0.15, -0.1) is 0 Å². The largest absolute Gasteiger partial charge is 0.394 e. The van der Waals surface area contributed by atoms with Crippen molar-refractivity contribution in [3.05, 3.63) is 24.3 Å². The molecule has 1 saturated heterocycles. The first-order valence-corrected chi connectivity index (χ1v) is 19.7. The zero-order chi connectivity index (χ0) is 36.1. The highest BCUT2D eigenvalue weighted by atomic mass is 16.7. The van der Waals surface area contributed by atoms with Crippen molar-refractivity contribution in [1.82, 2.24) is 5.32 Å². The number of hydrogen-bond donors (Lipinski definition) is 7. The smallest absolute Gasteiger partial charge is 0.249 e. The van der Waals surface area contributed by atoms with Gasteiger partial charge in [0, 0.05) is 0 Å². The Morgan fingerprint density at radius 2 is 1.20 bits per heavy atom. The normalized spacial score (nSPS) is 23.3. The van der Waals surface area contributed by atoms with Crippen LogP contribution in [0.15, 0.2) is 24.3 Å². The summed E-state index contributed by atoms with van der Waals surface area (Å²) in [7, 11) is 0. The molecule has 1 aliphatic heterocycles. The third-order valence-electron chi connectivity index (χ3n) is 9.39. The molecular weight excluding hydrogens is 626 g/mol. The third-order valence-corrected chi connectivity index (χ3v) is 9.39. The molecule has 49 heavy (non-hydrogen) atoms. The second-order valence-electron chi connectivity index (χ2n) is 13.9. The van der Waals surface area contributed by atoms with Crippen molar-refractivity contribution < 1.29 is 44.9 Å². The van der Waals surface area contributed by atoms with Gasteiger partial charge in [-0.1, -0.05) is 147 Å². The Hall–Kier alpha value is -1.37. The van der Waals surface area contributed by atoms with Crippen LogP contribution in [-0.4, -0.2) is 98.7 Å². The van der Waals surface area contributed by atoms with Gasteiger partial charge < -0.3 is 45.4 Å². The number of ether oxygens (including phenoxy) is 2. The first kappa shape index (κ1) is 45.7. The van der Waals surface area contributed by atoms with Crippen LogP contribution in [0.25, 0.3) is 0 Å². The lowest BCUT2D eigenvalue weighted by atomic mass is 9.99. The van der Waals surface area contributed by atoms with E-state index in [1.54, 1.807) is 6.08 Å². The Morgan fingerprint density at radius 1 is 0.694 bits per heavy atom. The van der Waals surface area contributed by atoms with Gasteiger partial charge in [0.2, 0.25) is 5.91 Å². The third kappa shape index (κ3) is 21.6. The average molecular weight is 700 g/mol. The Balaban J connectivity index is 2.55. The molecule has 1 amide bonds. The van der Waals surface area contributed by atoms with Gasteiger partial charge in [-0.25, -0.2) is 0 Å². The van der Waals surface area contributed by atoms with Crippen LogP contribution in [0.3, 0.4) is 0 Å². The molecular formula is C39H73NO9. The van der Waals surface area contributed by atoms with Gasteiger partial charge >= 0.3 is 0 Å². The fraction of sp³-hybridized carbons (Fsp3) is 0.872. The number of unbranched alkanes of at least 4 members (excludes halogenated alkanes) is 18. The van der Waals surface area contributed by atoms with Crippen molar-refractivity contribution in [3.63, 3.8) is 0 Å². The molecule has 1 heterocycles. The molecule has 0 saturated carbocycles. The van der Waals surface area contributed by atoms with Crippen molar-refractivity contribution in [1.29, 1.82) is 0 Å². The van der Waals surface area contributed by atoms with E-state index in [1.807, 2.05) is 6.08 Å². The Labute approximate surface area is 297 Å². The van der Waals surface area contributed by atoms with Gasteiger partial charge in [0.1, 0.15) is 30.5 Å². The lowest BCUT2D eigenvalue weighted by Gasteiger charge is -2.40. The first-order chi connectivity index (χ1) is 23.8. The fourth-order valence-corrected chi connectivity index (χ4v) is 6.06. The van der Waals surface area contributed by atoms with Gasteiger partial charge in [-0.05, 0) is 32.1 Å². The molecule has 0 radical (unpaired) electrons. The lowest BCUT2D eigenvalue weighted by molar-refractivity contribution is -0.302. The van der Waals surface area contributed by atoms with E-state index in [4.69, 9.17) is 9.47 Å². The number of amides is 1. The molecule has 0 bridgehead atoms.